The van der Waals surface area contributed by atoms with Gasteiger partial charge in [0.2, 0.25) is 28.5 Å². The van der Waals surface area contributed by atoms with Crippen LogP contribution in [-0.2, 0) is 41.6 Å². The average molecular weight is 1740 g/mol. The normalized spacial score (nSPS) is 16.7. The maximum Gasteiger partial charge on any atom is 0.213 e. The van der Waals surface area contributed by atoms with E-state index in [0.717, 1.165) is 67.2 Å². The molecule has 16 rings (SSSR count). The molecule has 5 aromatic heterocycles. The summed E-state index contributed by atoms with van der Waals surface area (Å²) in [5, 5.41) is 0. The highest BCUT2D eigenvalue weighted by Gasteiger charge is 2.27. The molecule has 0 radical (unpaired) electrons. The Labute approximate surface area is 826 Å². The van der Waals surface area contributed by atoms with E-state index >= 15 is 0 Å². The SMILES string of the molecule is [2H]C([2H])([2H])c1ccccc1-c1c(C([2H])([2H])[2H])ccc(-c2cc(-c3ccccc3)cc[n+]2C)c1C.[2H]C([2H])([2H])c1ccccc1-c1c(C([2H])([2H])[2H])ccc(-c2cc(C([2H])(C)C)c(C([2H])([2H])[2H])c[n+]2C)c1C.[2H]C([2H])([2H])c1ccccc1-c1c(C([2H])([2H])[2H])ccc(-c2cc(C([2H])(C)C)cc[n+]2C)c1C.[2H]C([2H])([2H])c1ccccc1-c1c(C([2H])([2H])[2H])ccc(-c2cc(C([2H])([2H])C(C)(C)C)cc[n+]2C)c1C.[2H]C([2H])([2H])c1ccccc1-c1c(C([2H])([2H])[2H])ccc(-c2cc(C)cc[n+]2C)c1C. The Morgan fingerprint density at radius 1 is 0.271 bits per heavy atom. The standard InChI is InChI=1S/C27H26N.C26H32N.C25H30N.C24H28N.C22H24N/c1-19-10-8-9-13-24(19)27-20(2)14-15-25(21(27)3)26-18-23(16-17-28(26)4)22-11-6-5-7-12-22;1-18-10-8-9-11-22(18)25-19(2)12-13-23(20(25)3)24-16-21(14-15-27(24)7)17-26(4,5)6;1-16(2)23-14-24(26(7)15-19(23)5)22-13-12-18(4)25(20(22)6)21-11-9-8-10-17(21)3;1-16(2)20-13-14-25(6)23(15-20)22-12-11-18(4)24(19(22)5)21-10-8-7-9-17(21)3;1-15-12-13-23(5)21(14-15)20-11-10-17(3)22(18(20)4)19-9-7-6-8-16(19)2/h5-18H,1-4H3;8-16H,17H2,1-7H3;8-16H,1-7H3;7-16H,1-6H3;6-14H,1-5H3/q5*+1/i1D3,2D3;1D3,2D3,17D2;3D3,4D3,5D3,16D;3D3,4D3,16D;2D3,3D3. The van der Waals surface area contributed by atoms with Crippen LogP contribution in [-0.4, -0.2) is 0 Å². The molecular weight excluding hydrogens is 1560 g/mol. The minimum atomic E-state index is -2.50. The van der Waals surface area contributed by atoms with E-state index in [4.69, 9.17) is 50.7 Å². The number of aryl methyl sites for hydroxylation is 17. The van der Waals surface area contributed by atoms with Crippen LogP contribution in [0, 0.1) is 122 Å². The molecule has 0 amide bonds. The second-order valence-electron chi connectivity index (χ2n) is 34.3. The zero-order valence-corrected chi connectivity index (χ0v) is 77.0. The Morgan fingerprint density at radius 3 is 0.915 bits per heavy atom. The average Bonchev–Trinajstić information content (AvgIpc) is 0.754. The van der Waals surface area contributed by atoms with Gasteiger partial charge in [0.05, 0.1) is 0 Å². The van der Waals surface area contributed by atoms with E-state index in [2.05, 4.69) is 6.07 Å². The maximum atomic E-state index is 8.71. The Bertz CT molecular complexity index is 8330. The molecule has 0 atom stereocenters. The first-order valence-electron chi connectivity index (χ1n) is 61.4. The molecule has 5 heterocycles. The number of hydrogen-bond acceptors (Lipinski definition) is 0. The molecule has 0 spiro atoms. The zero-order chi connectivity index (χ0) is 124. The maximum absolute atomic E-state index is 8.71. The molecule has 0 aliphatic carbocycles. The minimum Gasteiger partial charge on any atom is -0.201 e. The van der Waals surface area contributed by atoms with Crippen LogP contribution >= 0.6 is 0 Å². The van der Waals surface area contributed by atoms with Crippen LogP contribution in [0.1, 0.15) is 222 Å². The first-order valence-corrected chi connectivity index (χ1v) is 42.9. The van der Waals surface area contributed by atoms with E-state index in [9.17, 15) is 0 Å². The predicted molar refractivity (Wildman–Crippen MR) is 550 cm³/mol. The van der Waals surface area contributed by atoms with Crippen LogP contribution in [0.4, 0.5) is 0 Å². The van der Waals surface area contributed by atoms with Gasteiger partial charge in [-0.1, -0.05) is 230 Å². The van der Waals surface area contributed by atoms with Gasteiger partial charge in [-0.15, -0.1) is 0 Å². The molecule has 11 aromatic carbocycles. The molecule has 129 heavy (non-hydrogen) atoms. The molecule has 0 aliphatic rings. The minimum absolute atomic E-state index is 0.0308. The molecule has 5 nitrogen and oxygen atoms in total. The van der Waals surface area contributed by atoms with Crippen molar-refractivity contribution in [1.29, 1.82) is 0 Å². The summed E-state index contributed by atoms with van der Waals surface area (Å²) >= 11 is 0. The number of nitrogens with zero attached hydrogens (tertiary/aromatic N) is 5. The van der Waals surface area contributed by atoms with E-state index in [1.165, 1.54) is 36.5 Å². The molecule has 16 aromatic rings. The smallest absolute Gasteiger partial charge is 0.201 e. The van der Waals surface area contributed by atoms with Crippen LogP contribution in [0.25, 0.3) is 123 Å². The Morgan fingerprint density at radius 2 is 0.574 bits per heavy atom. The molecule has 0 bridgehead atoms. The van der Waals surface area contributed by atoms with Gasteiger partial charge in [-0.2, -0.15) is 0 Å². The summed E-state index contributed by atoms with van der Waals surface area (Å²) in [6.07, 6.45) is 7.48. The number of rotatable bonds is 14. The lowest BCUT2D eigenvalue weighted by molar-refractivity contribution is -0.660. The molecule has 0 unspecified atom stereocenters. The quantitative estimate of drug-likeness (QED) is 0.0967. The molecule has 0 N–H and O–H groups in total. The Hall–Kier alpha value is -12.8. The van der Waals surface area contributed by atoms with E-state index in [0.29, 0.717) is 106 Å². The summed E-state index contributed by atoms with van der Waals surface area (Å²) in [6.45, 7) is -3.04. The molecule has 0 aliphatic heterocycles. The number of benzene rings is 11. The lowest BCUT2D eigenvalue weighted by atomic mass is 9.86. The first-order chi connectivity index (χ1) is 76.1. The van der Waals surface area contributed by atoms with Crippen molar-refractivity contribution in [1.82, 2.24) is 0 Å². The van der Waals surface area contributed by atoms with Crippen molar-refractivity contribution in [2.24, 2.45) is 40.7 Å². The van der Waals surface area contributed by atoms with Crippen molar-refractivity contribution in [3.8, 4) is 123 Å². The van der Waals surface area contributed by atoms with E-state index in [-0.39, 0.29) is 61.2 Å². The Kier molecular flexibility index (Phi) is 18.4. The van der Waals surface area contributed by atoms with Gasteiger partial charge in [-0.05, 0) is 343 Å². The van der Waals surface area contributed by atoms with Crippen molar-refractivity contribution in [3.63, 3.8) is 0 Å². The highest BCUT2D eigenvalue weighted by Crippen LogP contribution is 2.43. The fourth-order valence-electron chi connectivity index (χ4n) is 16.6. The molecule has 0 saturated heterocycles. The van der Waals surface area contributed by atoms with Gasteiger partial charge in [0, 0.05) is 139 Å². The van der Waals surface area contributed by atoms with Crippen LogP contribution in [0.5, 0.6) is 0 Å². The zero-order valence-electron chi connectivity index (χ0n) is 114. The van der Waals surface area contributed by atoms with Crippen LogP contribution in [0.3, 0.4) is 0 Å². The third-order valence-electron chi connectivity index (χ3n) is 23.5. The molecular formula is C124H140N5+5. The van der Waals surface area contributed by atoms with E-state index in [1.54, 1.807) is 203 Å². The van der Waals surface area contributed by atoms with Gasteiger partial charge < -0.3 is 0 Å². The van der Waals surface area contributed by atoms with Crippen LogP contribution in [0.15, 0.2) is 298 Å². The number of pyridine rings is 5. The van der Waals surface area contributed by atoms with E-state index < -0.39 is 98.9 Å². The summed E-state index contributed by atoms with van der Waals surface area (Å²) < 4.78 is 309. The molecule has 656 valence electrons. The van der Waals surface area contributed by atoms with Gasteiger partial charge in [0.25, 0.3) is 0 Å². The monoisotopic (exact) mass is 1740 g/mol. The second kappa shape index (κ2) is 41.5. The first kappa shape index (κ1) is 57.2. The van der Waals surface area contributed by atoms with Gasteiger partial charge in [0.15, 0.2) is 31.0 Å². The highest BCUT2D eigenvalue weighted by molar-refractivity contribution is 5.86. The largest absolute Gasteiger partial charge is 0.213 e. The fraction of sp³-hybridized carbons (Fsp3) is 0.266. The predicted octanol–water partition coefficient (Wildman–Crippen LogP) is 30.0. The van der Waals surface area contributed by atoms with Gasteiger partial charge in [-0.3, -0.25) is 0 Å². The lowest BCUT2D eigenvalue weighted by Crippen LogP contribution is -2.32. The van der Waals surface area contributed by atoms with Crippen molar-refractivity contribution in [3.05, 3.63) is 409 Å². The summed E-state index contributed by atoms with van der Waals surface area (Å²) in [5.74, 6) is -2.01. The van der Waals surface area contributed by atoms with Crippen molar-refractivity contribution in [2.75, 3.05) is 0 Å². The van der Waals surface area contributed by atoms with Crippen LogP contribution in [0.2, 0.25) is 0 Å². The lowest BCUT2D eigenvalue weighted by Gasteiger charge is -2.19. The summed E-state index contributed by atoms with van der Waals surface area (Å²) in [5.41, 5.74) is 20.5. The molecule has 5 heteroatoms. The fourth-order valence-corrected chi connectivity index (χ4v) is 16.6. The van der Waals surface area contributed by atoms with Crippen molar-refractivity contribution >= 4 is 0 Å². The Balaban J connectivity index is 0.000000182. The number of aromatic nitrogens is 5. The summed E-state index contributed by atoms with van der Waals surface area (Å²) in [6, 6.07) is 76.6. The van der Waals surface area contributed by atoms with Gasteiger partial charge >= 0.3 is 0 Å². The van der Waals surface area contributed by atoms with Crippen LogP contribution < -0.4 is 22.8 Å². The van der Waals surface area contributed by atoms with Gasteiger partial charge in [-0.25, -0.2) is 22.8 Å². The third kappa shape index (κ3) is 21.8. The summed E-state index contributed by atoms with van der Waals surface area (Å²) in [7, 11) is 9.31. The molecule has 0 saturated carbocycles. The van der Waals surface area contributed by atoms with Gasteiger partial charge in [0.1, 0.15) is 35.2 Å². The summed E-state index contributed by atoms with van der Waals surface area (Å²) in [4.78, 5) is 0. The number of hydrogen-bond donors (Lipinski definition) is 0. The van der Waals surface area contributed by atoms with Crippen molar-refractivity contribution in [2.45, 2.75) is 184 Å². The second-order valence-corrected chi connectivity index (χ2v) is 34.3. The topological polar surface area (TPSA) is 19.4 Å². The van der Waals surface area contributed by atoms with E-state index in [1.807, 2.05) is 200 Å². The third-order valence-corrected chi connectivity index (χ3v) is 23.5. The van der Waals surface area contributed by atoms with Crippen molar-refractivity contribution < 1.29 is 73.6 Å². The molecule has 0 fully saturated rings. The highest BCUT2D eigenvalue weighted by atomic mass is 14.9.